The van der Waals surface area contributed by atoms with Gasteiger partial charge in [0.2, 0.25) is 0 Å². The third kappa shape index (κ3) is 5.07. The van der Waals surface area contributed by atoms with Crippen molar-refractivity contribution in [2.45, 2.75) is 25.5 Å². The summed E-state index contributed by atoms with van der Waals surface area (Å²) in [5.41, 5.74) is 5.03. The van der Waals surface area contributed by atoms with Crippen molar-refractivity contribution in [1.29, 1.82) is 0 Å². The van der Waals surface area contributed by atoms with Gasteiger partial charge in [0.25, 0.3) is 0 Å². The van der Waals surface area contributed by atoms with Crippen LogP contribution in [0.2, 0.25) is 0 Å². The lowest BCUT2D eigenvalue weighted by molar-refractivity contribution is 0.283. The van der Waals surface area contributed by atoms with E-state index in [1.54, 1.807) is 14.2 Å². The Balaban J connectivity index is 0.00000256. The van der Waals surface area contributed by atoms with E-state index in [4.69, 9.17) is 14.2 Å². The normalized spacial score (nSPS) is 14.9. The minimum atomic E-state index is 0. The number of nitrogens with one attached hydrogen (secondary N) is 1. The van der Waals surface area contributed by atoms with Crippen molar-refractivity contribution in [3.8, 4) is 17.2 Å². The van der Waals surface area contributed by atoms with E-state index >= 15 is 0 Å². The van der Waals surface area contributed by atoms with Gasteiger partial charge in [0.05, 0.1) is 14.2 Å². The molecule has 4 nitrogen and oxygen atoms in total. The lowest BCUT2D eigenvalue weighted by Crippen LogP contribution is -2.31. The molecule has 3 aromatic rings. The third-order valence-corrected chi connectivity index (χ3v) is 5.42. The first-order chi connectivity index (χ1) is 14.3. The monoisotopic (exact) mass is 425 g/mol. The van der Waals surface area contributed by atoms with Crippen molar-refractivity contribution in [3.63, 3.8) is 0 Å². The van der Waals surface area contributed by atoms with Crippen LogP contribution in [0.5, 0.6) is 17.2 Å². The predicted molar refractivity (Wildman–Crippen MR) is 122 cm³/mol. The van der Waals surface area contributed by atoms with Crippen LogP contribution in [0.15, 0.2) is 66.7 Å². The summed E-state index contributed by atoms with van der Waals surface area (Å²) in [4.78, 5) is 0. The predicted octanol–water partition coefficient (Wildman–Crippen LogP) is 5.13. The molecule has 0 saturated carbocycles. The van der Waals surface area contributed by atoms with E-state index in [1.165, 1.54) is 16.7 Å². The van der Waals surface area contributed by atoms with Gasteiger partial charge in [-0.25, -0.2) is 0 Å². The summed E-state index contributed by atoms with van der Waals surface area (Å²) >= 11 is 0. The Bertz CT molecular complexity index is 945. The van der Waals surface area contributed by atoms with Crippen LogP contribution in [-0.2, 0) is 19.4 Å². The van der Waals surface area contributed by atoms with Gasteiger partial charge in [-0.15, -0.1) is 12.4 Å². The molecule has 0 spiro atoms. The van der Waals surface area contributed by atoms with Crippen LogP contribution in [0.25, 0.3) is 0 Å². The molecule has 1 heterocycles. The molecule has 30 heavy (non-hydrogen) atoms. The molecular formula is C25H28ClNO3. The summed E-state index contributed by atoms with van der Waals surface area (Å²) in [6, 6.07) is 23.0. The number of benzene rings is 3. The molecule has 0 fully saturated rings. The van der Waals surface area contributed by atoms with Gasteiger partial charge in [0.15, 0.2) is 11.5 Å². The Kier molecular flexibility index (Phi) is 7.61. The van der Waals surface area contributed by atoms with E-state index in [1.807, 2.05) is 30.3 Å². The van der Waals surface area contributed by atoms with Gasteiger partial charge in [-0.1, -0.05) is 42.5 Å². The highest BCUT2D eigenvalue weighted by molar-refractivity contribution is 5.85. The fourth-order valence-corrected chi connectivity index (χ4v) is 3.84. The summed E-state index contributed by atoms with van der Waals surface area (Å²) in [5, 5.41) is 3.66. The zero-order valence-electron chi connectivity index (χ0n) is 17.4. The zero-order chi connectivity index (χ0) is 20.1. The second-order valence-electron chi connectivity index (χ2n) is 7.29. The largest absolute Gasteiger partial charge is 0.497 e. The van der Waals surface area contributed by atoms with Crippen LogP contribution >= 0.6 is 12.4 Å². The van der Waals surface area contributed by atoms with Crippen LogP contribution in [0.3, 0.4) is 0 Å². The smallest absolute Gasteiger partial charge is 0.162 e. The van der Waals surface area contributed by atoms with E-state index in [2.05, 4.69) is 41.7 Å². The number of methoxy groups -OCH3 is 2. The highest BCUT2D eigenvalue weighted by Gasteiger charge is 2.23. The lowest BCUT2D eigenvalue weighted by atomic mass is 9.90. The summed E-state index contributed by atoms with van der Waals surface area (Å²) in [5.74, 6) is 2.47. The molecule has 1 unspecified atom stereocenters. The average molecular weight is 426 g/mol. The SMILES string of the molecule is COc1ccc(CC2NCCc3cc(OC)c(OCc4ccccc4)cc32)cc1.Cl. The molecule has 0 aliphatic carbocycles. The maximum atomic E-state index is 6.14. The van der Waals surface area contributed by atoms with Gasteiger partial charge in [-0.05, 0) is 65.9 Å². The number of hydrogen-bond acceptors (Lipinski definition) is 4. The lowest BCUT2D eigenvalue weighted by Gasteiger charge is -2.28. The summed E-state index contributed by atoms with van der Waals surface area (Å²) < 4.78 is 17.0. The van der Waals surface area contributed by atoms with Gasteiger partial charge in [-0.2, -0.15) is 0 Å². The minimum absolute atomic E-state index is 0. The topological polar surface area (TPSA) is 39.7 Å². The summed E-state index contributed by atoms with van der Waals surface area (Å²) in [7, 11) is 3.39. The molecule has 5 heteroatoms. The van der Waals surface area contributed by atoms with E-state index in [0.717, 1.165) is 42.2 Å². The molecule has 0 bridgehead atoms. The Morgan fingerprint density at radius 1 is 0.867 bits per heavy atom. The molecule has 1 aliphatic rings. The van der Waals surface area contributed by atoms with Crippen LogP contribution in [0, 0.1) is 0 Å². The van der Waals surface area contributed by atoms with Crippen LogP contribution in [-0.4, -0.2) is 20.8 Å². The van der Waals surface area contributed by atoms with Crippen LogP contribution in [0.4, 0.5) is 0 Å². The Morgan fingerprint density at radius 2 is 1.63 bits per heavy atom. The highest BCUT2D eigenvalue weighted by Crippen LogP contribution is 2.37. The molecular weight excluding hydrogens is 398 g/mol. The second kappa shape index (κ2) is 10.4. The quantitative estimate of drug-likeness (QED) is 0.569. The van der Waals surface area contributed by atoms with Gasteiger partial charge in [0, 0.05) is 6.04 Å². The molecule has 1 aliphatic heterocycles. The maximum absolute atomic E-state index is 6.14. The molecule has 3 aromatic carbocycles. The van der Waals surface area contributed by atoms with Gasteiger partial charge in [0.1, 0.15) is 12.4 Å². The average Bonchev–Trinajstić information content (AvgIpc) is 2.78. The molecule has 0 amide bonds. The van der Waals surface area contributed by atoms with Crippen LogP contribution in [0.1, 0.15) is 28.3 Å². The second-order valence-corrected chi connectivity index (χ2v) is 7.29. The number of rotatable bonds is 7. The molecule has 0 aromatic heterocycles. The standard InChI is InChI=1S/C25H27NO3.ClH/c1-27-21-10-8-18(9-11-21)14-23-22-16-25(29-17-19-6-4-3-5-7-19)24(28-2)15-20(22)12-13-26-23;/h3-11,15-16,23,26H,12-14,17H2,1-2H3;1H. The van der Waals surface area contributed by atoms with E-state index in [9.17, 15) is 0 Å². The first-order valence-corrected chi connectivity index (χ1v) is 10.0. The molecule has 1 N–H and O–H groups in total. The fourth-order valence-electron chi connectivity index (χ4n) is 3.84. The number of ether oxygens (including phenoxy) is 3. The first kappa shape index (κ1) is 22.0. The van der Waals surface area contributed by atoms with Crippen molar-refractivity contribution in [2.24, 2.45) is 0 Å². The van der Waals surface area contributed by atoms with Gasteiger partial charge < -0.3 is 19.5 Å². The molecule has 1 atom stereocenters. The Labute approximate surface area is 184 Å². The number of hydrogen-bond donors (Lipinski definition) is 1. The van der Waals surface area contributed by atoms with Gasteiger partial charge in [-0.3, -0.25) is 0 Å². The van der Waals surface area contributed by atoms with Crippen LogP contribution < -0.4 is 19.5 Å². The van der Waals surface area contributed by atoms with Crippen molar-refractivity contribution in [1.82, 2.24) is 5.32 Å². The molecule has 4 rings (SSSR count). The van der Waals surface area contributed by atoms with Crippen molar-refractivity contribution in [2.75, 3.05) is 20.8 Å². The van der Waals surface area contributed by atoms with Crippen molar-refractivity contribution >= 4 is 12.4 Å². The number of halogens is 1. The maximum Gasteiger partial charge on any atom is 0.162 e. The highest BCUT2D eigenvalue weighted by atomic mass is 35.5. The fraction of sp³-hybridized carbons (Fsp3) is 0.280. The van der Waals surface area contributed by atoms with E-state index in [-0.39, 0.29) is 18.4 Å². The molecule has 0 saturated heterocycles. The first-order valence-electron chi connectivity index (χ1n) is 10.0. The Morgan fingerprint density at radius 3 is 2.33 bits per heavy atom. The third-order valence-electron chi connectivity index (χ3n) is 5.42. The molecule has 158 valence electrons. The summed E-state index contributed by atoms with van der Waals surface area (Å²) in [6.45, 7) is 1.48. The summed E-state index contributed by atoms with van der Waals surface area (Å²) in [6.07, 6.45) is 1.91. The minimum Gasteiger partial charge on any atom is -0.497 e. The zero-order valence-corrected chi connectivity index (χ0v) is 18.2. The molecule has 0 radical (unpaired) electrons. The van der Waals surface area contributed by atoms with E-state index in [0.29, 0.717) is 6.61 Å². The van der Waals surface area contributed by atoms with Crippen molar-refractivity contribution < 1.29 is 14.2 Å². The van der Waals surface area contributed by atoms with Crippen molar-refractivity contribution in [3.05, 3.63) is 89.0 Å². The Hall–Kier alpha value is -2.69. The van der Waals surface area contributed by atoms with Gasteiger partial charge >= 0.3 is 0 Å². The van der Waals surface area contributed by atoms with E-state index < -0.39 is 0 Å². The number of fused-ring (bicyclic) bond motifs is 1.